The Balaban J connectivity index is 1.28. The van der Waals surface area contributed by atoms with Gasteiger partial charge < -0.3 is 15.4 Å². The minimum Gasteiger partial charge on any atom is -0.399 e. The molecule has 0 radical (unpaired) electrons. The van der Waals surface area contributed by atoms with Crippen molar-refractivity contribution in [2.24, 2.45) is 5.92 Å². The highest BCUT2D eigenvalue weighted by Crippen LogP contribution is 2.45. The summed E-state index contributed by atoms with van der Waals surface area (Å²) in [4.78, 5) is 1.79. The molecule has 3 aromatic carbocycles. The molecule has 1 aromatic heterocycles. The number of nitrogens with two attached hydrogens (primary N) is 1. The summed E-state index contributed by atoms with van der Waals surface area (Å²) in [6.07, 6.45) is 1.56. The molecule has 0 bridgehead atoms. The van der Waals surface area contributed by atoms with E-state index in [2.05, 4.69) is 24.3 Å². The number of halogens is 3. The van der Waals surface area contributed by atoms with Crippen molar-refractivity contribution in [3.05, 3.63) is 107 Å². The van der Waals surface area contributed by atoms with Gasteiger partial charge in [0.2, 0.25) is 5.60 Å². The summed E-state index contributed by atoms with van der Waals surface area (Å²) in [5.74, 6) is 0.318. The lowest BCUT2D eigenvalue weighted by molar-refractivity contribution is -0.271. The van der Waals surface area contributed by atoms with E-state index in [9.17, 15) is 18.3 Å². The Kier molecular flexibility index (Phi) is 7.43. The zero-order valence-corrected chi connectivity index (χ0v) is 23.1. The number of likely N-dealkylation sites (tertiary alicyclic amines) is 1. The second-order valence-electron chi connectivity index (χ2n) is 11.6. The molecule has 1 saturated carbocycles. The maximum atomic E-state index is 14.9. The molecule has 1 aliphatic carbocycles. The number of fused-ring (bicyclic) bond motifs is 1. The summed E-state index contributed by atoms with van der Waals surface area (Å²) in [6, 6.07) is 24.8. The Morgan fingerprint density at radius 2 is 1.56 bits per heavy atom. The van der Waals surface area contributed by atoms with Crippen molar-refractivity contribution in [1.29, 1.82) is 0 Å². The van der Waals surface area contributed by atoms with Crippen LogP contribution in [-0.4, -0.2) is 40.4 Å². The fraction of sp³-hybridized carbons (Fsp3) is 0.353. The molecular weight excluding hydrogens is 523 g/mol. The molecule has 2 heterocycles. The Morgan fingerprint density at radius 1 is 0.902 bits per heavy atom. The molecule has 7 heteroatoms. The molecule has 41 heavy (non-hydrogen) atoms. The normalized spacial score (nSPS) is 18.3. The number of piperidine rings is 1. The zero-order valence-electron chi connectivity index (χ0n) is 23.1. The largest absolute Gasteiger partial charge is 0.422 e. The van der Waals surface area contributed by atoms with Crippen LogP contribution >= 0.6 is 0 Å². The van der Waals surface area contributed by atoms with Crippen molar-refractivity contribution < 1.29 is 18.3 Å². The summed E-state index contributed by atoms with van der Waals surface area (Å²) in [6.45, 7) is 0.872. The first-order valence-electron chi connectivity index (χ1n) is 14.4. The average molecular weight is 560 g/mol. The van der Waals surface area contributed by atoms with Gasteiger partial charge in [-0.3, -0.25) is 4.90 Å². The number of hydrogen-bond donors (Lipinski definition) is 2. The lowest BCUT2D eigenvalue weighted by Crippen LogP contribution is -2.52. The second kappa shape index (κ2) is 11.0. The van der Waals surface area contributed by atoms with E-state index in [1.54, 1.807) is 27.7 Å². The molecule has 6 rings (SSSR count). The maximum absolute atomic E-state index is 14.9. The van der Waals surface area contributed by atoms with Gasteiger partial charge in [0.1, 0.15) is 0 Å². The minimum absolute atomic E-state index is 0.125. The van der Waals surface area contributed by atoms with E-state index >= 15 is 0 Å². The van der Waals surface area contributed by atoms with E-state index in [1.807, 2.05) is 36.4 Å². The molecule has 2 aliphatic rings. The Hall–Kier alpha value is -3.55. The molecule has 1 aliphatic heterocycles. The maximum Gasteiger partial charge on any atom is 0.422 e. The van der Waals surface area contributed by atoms with E-state index in [0.29, 0.717) is 42.1 Å². The predicted molar refractivity (Wildman–Crippen MR) is 158 cm³/mol. The zero-order chi connectivity index (χ0) is 28.6. The molecule has 1 unspecified atom stereocenters. The molecule has 1 saturated heterocycles. The summed E-state index contributed by atoms with van der Waals surface area (Å²) in [7, 11) is 0. The number of nitrogen functional groups attached to an aromatic ring is 1. The van der Waals surface area contributed by atoms with Gasteiger partial charge in [0.05, 0.1) is 5.52 Å². The van der Waals surface area contributed by atoms with Crippen LogP contribution in [0.2, 0.25) is 0 Å². The molecule has 2 fully saturated rings. The Morgan fingerprint density at radius 3 is 2.17 bits per heavy atom. The summed E-state index contributed by atoms with van der Waals surface area (Å²) < 4.78 is 46.3. The minimum atomic E-state index is -4.86. The van der Waals surface area contributed by atoms with E-state index in [4.69, 9.17) is 5.73 Å². The van der Waals surface area contributed by atoms with Gasteiger partial charge in [-0.25, -0.2) is 0 Å². The van der Waals surface area contributed by atoms with Crippen molar-refractivity contribution in [2.45, 2.75) is 50.4 Å². The topological polar surface area (TPSA) is 54.4 Å². The van der Waals surface area contributed by atoms with Crippen LogP contribution in [0, 0.1) is 5.92 Å². The van der Waals surface area contributed by atoms with Gasteiger partial charge in [0.15, 0.2) is 0 Å². The summed E-state index contributed by atoms with van der Waals surface area (Å²) >= 11 is 0. The van der Waals surface area contributed by atoms with Crippen molar-refractivity contribution in [2.75, 3.05) is 25.4 Å². The Bertz CT molecular complexity index is 1530. The van der Waals surface area contributed by atoms with Crippen molar-refractivity contribution in [3.8, 4) is 0 Å². The predicted octanol–water partition coefficient (Wildman–Crippen LogP) is 7.37. The van der Waals surface area contributed by atoms with Gasteiger partial charge >= 0.3 is 6.18 Å². The number of nitrogens with zero attached hydrogens (tertiary/aromatic N) is 2. The number of aromatic nitrogens is 1. The molecule has 4 aromatic rings. The van der Waals surface area contributed by atoms with E-state index in [0.717, 1.165) is 31.2 Å². The molecule has 0 amide bonds. The van der Waals surface area contributed by atoms with Gasteiger partial charge in [-0.15, -0.1) is 0 Å². The van der Waals surface area contributed by atoms with E-state index < -0.39 is 18.3 Å². The number of rotatable bonds is 7. The van der Waals surface area contributed by atoms with Crippen molar-refractivity contribution >= 4 is 22.2 Å². The number of allylic oxidation sites excluding steroid dienone is 2. The fourth-order valence-electron chi connectivity index (χ4n) is 6.55. The number of hydrogen-bond acceptors (Lipinski definition) is 3. The van der Waals surface area contributed by atoms with Crippen molar-refractivity contribution in [3.63, 3.8) is 0 Å². The fourth-order valence-corrected chi connectivity index (χ4v) is 6.55. The molecule has 1 atom stereocenters. The van der Waals surface area contributed by atoms with Gasteiger partial charge in [-0.2, -0.15) is 13.2 Å². The Labute approximate surface area is 238 Å². The molecular formula is C34H36F3N3O. The number of anilines is 1. The van der Waals surface area contributed by atoms with E-state index in [1.165, 1.54) is 29.3 Å². The SMILES string of the molecule is Nc1ccc2c(C(O)(CN3CCC(C(=C4CCC4)c4ccccc4)CC3)C(F)(F)F)cn(Cc3ccccc3)c2c1. The number of alkyl halides is 3. The quantitative estimate of drug-likeness (QED) is 0.233. The number of aliphatic hydroxyl groups is 1. The third-order valence-corrected chi connectivity index (χ3v) is 8.89. The highest BCUT2D eigenvalue weighted by Gasteiger charge is 2.57. The molecule has 3 N–H and O–H groups in total. The van der Waals surface area contributed by atoms with Crippen LogP contribution in [-0.2, 0) is 12.1 Å². The first-order chi connectivity index (χ1) is 19.7. The van der Waals surface area contributed by atoms with Gasteiger partial charge in [-0.05, 0) is 79.9 Å². The summed E-state index contributed by atoms with van der Waals surface area (Å²) in [5.41, 5.74) is 9.00. The van der Waals surface area contributed by atoms with Crippen LogP contribution in [0.5, 0.6) is 0 Å². The van der Waals surface area contributed by atoms with Crippen LogP contribution in [0.25, 0.3) is 16.5 Å². The van der Waals surface area contributed by atoms with Crippen molar-refractivity contribution in [1.82, 2.24) is 9.47 Å². The number of β-amino-alcohol motifs (C(OH)–C–C–N with tert-alkyl or cyclic N) is 1. The van der Waals surface area contributed by atoms with Crippen LogP contribution in [0.3, 0.4) is 0 Å². The third kappa shape index (κ3) is 5.41. The van der Waals surface area contributed by atoms with E-state index in [-0.39, 0.29) is 5.56 Å². The lowest BCUT2D eigenvalue weighted by Gasteiger charge is -2.40. The monoisotopic (exact) mass is 559 g/mol. The number of benzene rings is 3. The van der Waals surface area contributed by atoms with Gasteiger partial charge in [0, 0.05) is 35.9 Å². The lowest BCUT2D eigenvalue weighted by atomic mass is 9.76. The van der Waals surface area contributed by atoms with Gasteiger partial charge in [-0.1, -0.05) is 72.3 Å². The smallest absolute Gasteiger partial charge is 0.399 e. The van der Waals surface area contributed by atoms with Gasteiger partial charge in [0.25, 0.3) is 0 Å². The second-order valence-corrected chi connectivity index (χ2v) is 11.6. The first-order valence-corrected chi connectivity index (χ1v) is 14.4. The average Bonchev–Trinajstić information content (AvgIpc) is 3.29. The molecule has 214 valence electrons. The van der Waals surface area contributed by atoms with Crippen LogP contribution < -0.4 is 5.73 Å². The molecule has 4 nitrogen and oxygen atoms in total. The molecule has 0 spiro atoms. The third-order valence-electron chi connectivity index (χ3n) is 8.89. The highest BCUT2D eigenvalue weighted by molar-refractivity contribution is 5.87. The first kappa shape index (κ1) is 27.6. The van der Waals surface area contributed by atoms with Crippen LogP contribution in [0.4, 0.5) is 18.9 Å². The standard InChI is InChI=1S/C34H36F3N3O/c35-34(36,37)33(41,30-22-40(21-24-8-3-1-4-9-24)31-20-28(38)14-15-29(30)31)23-39-18-16-27(17-19-39)32(26-12-7-13-26)25-10-5-2-6-11-25/h1-6,8-11,14-15,20,22,27,41H,7,12-13,16-19,21,23,38H2. The van der Waals surface area contributed by atoms with Crippen LogP contribution in [0.1, 0.15) is 48.8 Å². The summed E-state index contributed by atoms with van der Waals surface area (Å²) in [5, 5.41) is 12.0. The van der Waals surface area contributed by atoms with Crippen LogP contribution in [0.15, 0.2) is 90.6 Å². The highest BCUT2D eigenvalue weighted by atomic mass is 19.4.